The molecule has 1 aromatic heterocycles. The van der Waals surface area contributed by atoms with E-state index in [-0.39, 0.29) is 11.9 Å². The zero-order chi connectivity index (χ0) is 18.8. The first-order chi connectivity index (χ1) is 12.4. The van der Waals surface area contributed by atoms with Crippen LogP contribution in [0.5, 0.6) is 0 Å². The molecule has 0 aliphatic carbocycles. The zero-order valence-electron chi connectivity index (χ0n) is 16.6. The third-order valence-electron chi connectivity index (χ3n) is 5.46. The molecule has 140 valence electrons. The van der Waals surface area contributed by atoms with E-state index in [2.05, 4.69) is 42.2 Å². The number of benzene rings is 1. The predicted octanol–water partition coefficient (Wildman–Crippen LogP) is 3.31. The van der Waals surface area contributed by atoms with Crippen LogP contribution in [0.1, 0.15) is 52.6 Å². The van der Waals surface area contributed by atoms with Gasteiger partial charge in [-0.1, -0.05) is 6.07 Å². The molecule has 5 nitrogen and oxygen atoms in total. The minimum Gasteiger partial charge on any atom is -0.371 e. The van der Waals surface area contributed by atoms with Gasteiger partial charge < -0.3 is 10.2 Å². The Morgan fingerprint density at radius 1 is 1.23 bits per heavy atom. The van der Waals surface area contributed by atoms with E-state index >= 15 is 0 Å². The third-order valence-corrected chi connectivity index (χ3v) is 5.46. The summed E-state index contributed by atoms with van der Waals surface area (Å²) in [5.74, 6) is -0.00265. The summed E-state index contributed by atoms with van der Waals surface area (Å²) in [6.07, 6.45) is 3.26. The summed E-state index contributed by atoms with van der Waals surface area (Å²) in [6.45, 7) is 10.4. The maximum absolute atomic E-state index is 12.7. The Kier molecular flexibility index (Phi) is 5.35. The monoisotopic (exact) mass is 354 g/mol. The number of hydrogen-bond acceptors (Lipinski definition) is 3. The maximum atomic E-state index is 12.7. The maximum Gasteiger partial charge on any atom is 0.251 e. The average Bonchev–Trinajstić information content (AvgIpc) is 3.20. The second kappa shape index (κ2) is 7.52. The van der Waals surface area contributed by atoms with Crippen molar-refractivity contribution < 1.29 is 4.79 Å². The van der Waals surface area contributed by atoms with E-state index in [0.29, 0.717) is 0 Å². The summed E-state index contributed by atoms with van der Waals surface area (Å²) in [5.41, 5.74) is 6.60. The van der Waals surface area contributed by atoms with Gasteiger partial charge in [-0.05, 0) is 70.2 Å². The van der Waals surface area contributed by atoms with Crippen LogP contribution in [0.4, 0.5) is 5.69 Å². The normalized spacial score (nSPS) is 15.3. The van der Waals surface area contributed by atoms with Crippen LogP contribution in [0.25, 0.3) is 0 Å². The highest BCUT2D eigenvalue weighted by atomic mass is 16.1. The van der Waals surface area contributed by atoms with Crippen LogP contribution in [0.15, 0.2) is 18.2 Å². The highest BCUT2D eigenvalue weighted by molar-refractivity contribution is 5.95. The van der Waals surface area contributed by atoms with Gasteiger partial charge in [0.05, 0.1) is 5.69 Å². The molecule has 0 spiro atoms. The smallest absolute Gasteiger partial charge is 0.251 e. The number of hydrogen-bond donors (Lipinski definition) is 1. The second-order valence-corrected chi connectivity index (χ2v) is 7.55. The number of aryl methyl sites for hydroxylation is 3. The van der Waals surface area contributed by atoms with Crippen molar-refractivity contribution >= 4 is 11.6 Å². The molecule has 1 unspecified atom stereocenters. The molecule has 1 aliphatic heterocycles. The number of carbonyl (C=O) groups excluding carboxylic acids is 1. The highest BCUT2D eigenvalue weighted by Crippen LogP contribution is 2.25. The number of anilines is 1. The third kappa shape index (κ3) is 3.76. The number of rotatable bonds is 5. The molecule has 1 fully saturated rings. The molecule has 5 heteroatoms. The molecule has 2 aromatic rings. The summed E-state index contributed by atoms with van der Waals surface area (Å²) in [5, 5.41) is 7.62. The lowest BCUT2D eigenvalue weighted by molar-refractivity contribution is 0.0940. The van der Waals surface area contributed by atoms with Crippen LogP contribution in [-0.4, -0.2) is 34.8 Å². The number of nitrogens with zero attached hydrogens (tertiary/aromatic N) is 3. The fourth-order valence-corrected chi connectivity index (χ4v) is 3.83. The Morgan fingerprint density at radius 2 is 1.92 bits per heavy atom. The minimum atomic E-state index is -0.00265. The van der Waals surface area contributed by atoms with E-state index < -0.39 is 0 Å². The van der Waals surface area contributed by atoms with E-state index in [1.807, 2.05) is 30.8 Å². The summed E-state index contributed by atoms with van der Waals surface area (Å²) in [7, 11) is 1.96. The fraction of sp³-hybridized carbons (Fsp3) is 0.524. The van der Waals surface area contributed by atoms with Crippen molar-refractivity contribution in [1.82, 2.24) is 15.1 Å². The van der Waals surface area contributed by atoms with Crippen molar-refractivity contribution in [1.29, 1.82) is 0 Å². The van der Waals surface area contributed by atoms with Crippen molar-refractivity contribution in [3.8, 4) is 0 Å². The first kappa shape index (κ1) is 18.5. The van der Waals surface area contributed by atoms with Gasteiger partial charge in [0.15, 0.2) is 0 Å². The molecule has 0 bridgehead atoms. The van der Waals surface area contributed by atoms with E-state index in [1.54, 1.807) is 0 Å². The first-order valence-corrected chi connectivity index (χ1v) is 9.52. The van der Waals surface area contributed by atoms with E-state index in [0.717, 1.165) is 36.5 Å². The van der Waals surface area contributed by atoms with Crippen molar-refractivity contribution in [2.45, 2.75) is 53.0 Å². The molecule has 1 aromatic carbocycles. The van der Waals surface area contributed by atoms with Gasteiger partial charge in [-0.15, -0.1) is 0 Å². The summed E-state index contributed by atoms with van der Waals surface area (Å²) >= 11 is 0. The van der Waals surface area contributed by atoms with Crippen molar-refractivity contribution in [2.24, 2.45) is 7.05 Å². The van der Waals surface area contributed by atoms with Crippen LogP contribution in [0.3, 0.4) is 0 Å². The topological polar surface area (TPSA) is 50.2 Å². The SMILES string of the molecule is Cc1ccc(C(=O)NC(C)Cc2c(C)nn(C)c2C)cc1N1CCCC1. The van der Waals surface area contributed by atoms with E-state index in [4.69, 9.17) is 0 Å². The standard InChI is InChI=1S/C21H30N4O/c1-14-8-9-18(13-20(14)25-10-6-7-11-25)21(26)22-15(2)12-19-16(3)23-24(5)17(19)4/h8-9,13,15H,6-7,10-12H2,1-5H3,(H,22,26). The molecule has 2 heterocycles. The van der Waals surface area contributed by atoms with Crippen LogP contribution < -0.4 is 10.2 Å². The lowest BCUT2D eigenvalue weighted by atomic mass is 10.0. The number of carbonyl (C=O) groups is 1. The summed E-state index contributed by atoms with van der Waals surface area (Å²) < 4.78 is 1.90. The lowest BCUT2D eigenvalue weighted by Gasteiger charge is -2.21. The predicted molar refractivity (Wildman–Crippen MR) is 106 cm³/mol. The Labute approximate surface area is 156 Å². The van der Waals surface area contributed by atoms with Gasteiger partial charge >= 0.3 is 0 Å². The number of amides is 1. The second-order valence-electron chi connectivity index (χ2n) is 7.55. The molecule has 1 atom stereocenters. The van der Waals surface area contributed by atoms with E-state index in [1.165, 1.54) is 29.7 Å². The first-order valence-electron chi connectivity index (χ1n) is 9.52. The summed E-state index contributed by atoms with van der Waals surface area (Å²) in [6, 6.07) is 6.09. The van der Waals surface area contributed by atoms with Gasteiger partial charge in [-0.3, -0.25) is 9.48 Å². The van der Waals surface area contributed by atoms with Gasteiger partial charge in [-0.25, -0.2) is 0 Å². The Balaban J connectivity index is 1.70. The molecule has 1 N–H and O–H groups in total. The van der Waals surface area contributed by atoms with Crippen LogP contribution in [0.2, 0.25) is 0 Å². The highest BCUT2D eigenvalue weighted by Gasteiger charge is 2.18. The molecule has 0 radical (unpaired) electrons. The molecule has 26 heavy (non-hydrogen) atoms. The van der Waals surface area contributed by atoms with Crippen molar-refractivity contribution in [3.63, 3.8) is 0 Å². The lowest BCUT2D eigenvalue weighted by Crippen LogP contribution is -2.34. The average molecular weight is 354 g/mol. The fourth-order valence-electron chi connectivity index (χ4n) is 3.83. The van der Waals surface area contributed by atoms with Crippen LogP contribution in [-0.2, 0) is 13.5 Å². The van der Waals surface area contributed by atoms with E-state index in [9.17, 15) is 4.79 Å². The van der Waals surface area contributed by atoms with Crippen molar-refractivity contribution in [2.75, 3.05) is 18.0 Å². The Morgan fingerprint density at radius 3 is 2.54 bits per heavy atom. The number of nitrogens with one attached hydrogen (secondary N) is 1. The van der Waals surface area contributed by atoms with Gasteiger partial charge in [0.2, 0.25) is 0 Å². The molecular weight excluding hydrogens is 324 g/mol. The van der Waals surface area contributed by atoms with Gasteiger partial charge in [-0.2, -0.15) is 5.10 Å². The quantitative estimate of drug-likeness (QED) is 0.896. The molecule has 0 saturated carbocycles. The van der Waals surface area contributed by atoms with Crippen LogP contribution in [0, 0.1) is 20.8 Å². The molecule has 3 rings (SSSR count). The Bertz CT molecular complexity index is 803. The summed E-state index contributed by atoms with van der Waals surface area (Å²) in [4.78, 5) is 15.1. The van der Waals surface area contributed by atoms with Gasteiger partial charge in [0, 0.05) is 43.1 Å². The van der Waals surface area contributed by atoms with Gasteiger partial charge in [0.1, 0.15) is 0 Å². The molecule has 1 saturated heterocycles. The zero-order valence-corrected chi connectivity index (χ0v) is 16.6. The largest absolute Gasteiger partial charge is 0.371 e. The minimum absolute atomic E-state index is 0.00265. The Hall–Kier alpha value is -2.30. The van der Waals surface area contributed by atoms with Crippen LogP contribution >= 0.6 is 0 Å². The van der Waals surface area contributed by atoms with Crippen molar-refractivity contribution in [3.05, 3.63) is 46.3 Å². The molecule has 1 aliphatic rings. The number of aromatic nitrogens is 2. The molecular formula is C21H30N4O. The van der Waals surface area contributed by atoms with Gasteiger partial charge in [0.25, 0.3) is 5.91 Å². The molecule has 1 amide bonds.